The van der Waals surface area contributed by atoms with Crippen molar-refractivity contribution in [2.75, 3.05) is 5.32 Å². The summed E-state index contributed by atoms with van der Waals surface area (Å²) in [6.07, 6.45) is 0. The number of aryl methyl sites for hydroxylation is 4. The van der Waals surface area contributed by atoms with Crippen molar-refractivity contribution in [3.8, 4) is 5.69 Å². The van der Waals surface area contributed by atoms with Gasteiger partial charge in [0.25, 0.3) is 5.91 Å². The molecule has 0 aliphatic carbocycles. The molecular formula is C22H23N3OS. The van der Waals surface area contributed by atoms with Gasteiger partial charge in [-0.25, -0.2) is 4.68 Å². The topological polar surface area (TPSA) is 46.9 Å². The van der Waals surface area contributed by atoms with Crippen molar-refractivity contribution in [1.29, 1.82) is 0 Å². The number of hydrogen-bond acceptors (Lipinski definition) is 3. The summed E-state index contributed by atoms with van der Waals surface area (Å²) in [5, 5.41) is 7.96. The third-order valence-electron chi connectivity index (χ3n) is 4.85. The predicted octanol–water partition coefficient (Wildman–Crippen LogP) is 5.11. The first-order valence-electron chi connectivity index (χ1n) is 9.08. The van der Waals surface area contributed by atoms with Crippen LogP contribution < -0.4 is 5.32 Å². The first-order chi connectivity index (χ1) is 12.9. The Bertz CT molecular complexity index is 1030. The maximum atomic E-state index is 13.0. The maximum Gasteiger partial charge on any atom is 0.256 e. The fourth-order valence-corrected chi connectivity index (χ4v) is 4.68. The first-order valence-corrected chi connectivity index (χ1v) is 10.2. The summed E-state index contributed by atoms with van der Waals surface area (Å²) < 4.78 is 1.90. The molecule has 5 heteroatoms. The third-order valence-corrected chi connectivity index (χ3v) is 5.82. The minimum absolute atomic E-state index is 0.0904. The van der Waals surface area contributed by atoms with E-state index in [0.29, 0.717) is 5.56 Å². The molecule has 0 atom stereocenters. The molecule has 3 aromatic rings. The van der Waals surface area contributed by atoms with E-state index in [1.807, 2.05) is 42.4 Å². The smallest absolute Gasteiger partial charge is 0.256 e. The molecule has 1 amide bonds. The van der Waals surface area contributed by atoms with E-state index in [4.69, 9.17) is 5.10 Å². The van der Waals surface area contributed by atoms with Gasteiger partial charge in [0, 0.05) is 22.6 Å². The van der Waals surface area contributed by atoms with Gasteiger partial charge >= 0.3 is 0 Å². The number of anilines is 1. The highest BCUT2D eigenvalue weighted by atomic mass is 32.2. The zero-order valence-corrected chi connectivity index (χ0v) is 16.9. The van der Waals surface area contributed by atoms with Crippen LogP contribution in [0.15, 0.2) is 36.4 Å². The summed E-state index contributed by atoms with van der Waals surface area (Å²) in [5.74, 6) is 2.47. The molecule has 0 spiro atoms. The minimum Gasteiger partial charge on any atom is -0.306 e. The normalized spacial score (nSPS) is 12.9. The highest BCUT2D eigenvalue weighted by Crippen LogP contribution is 2.36. The van der Waals surface area contributed by atoms with E-state index in [1.165, 1.54) is 5.56 Å². The van der Waals surface area contributed by atoms with Crippen LogP contribution in [0, 0.1) is 27.7 Å². The standard InChI is InChI=1S/C22H23N3OS/c1-13-5-6-20(16(4)8-13)25-21(18-11-27-12-19(18)24-25)23-22(26)17-9-14(2)7-15(3)10-17/h5-10H,11-12H2,1-4H3,(H,23,26). The van der Waals surface area contributed by atoms with Gasteiger partial charge in [-0.1, -0.05) is 34.9 Å². The Hall–Kier alpha value is -2.53. The number of carbonyl (C=O) groups excluding carboxylic acids is 1. The van der Waals surface area contributed by atoms with Crippen LogP contribution in [0.4, 0.5) is 5.82 Å². The summed E-state index contributed by atoms with van der Waals surface area (Å²) in [6.45, 7) is 8.19. The number of carbonyl (C=O) groups is 1. The average Bonchev–Trinajstić information content (AvgIpc) is 3.17. The molecule has 2 aromatic carbocycles. The fraction of sp³-hybridized carbons (Fsp3) is 0.273. The number of amides is 1. The molecule has 138 valence electrons. The second kappa shape index (κ2) is 6.89. The van der Waals surface area contributed by atoms with Crippen molar-refractivity contribution in [3.63, 3.8) is 0 Å². The average molecular weight is 378 g/mol. The van der Waals surface area contributed by atoms with E-state index < -0.39 is 0 Å². The van der Waals surface area contributed by atoms with Crippen molar-refractivity contribution < 1.29 is 4.79 Å². The minimum atomic E-state index is -0.0904. The first kappa shape index (κ1) is 17.9. The van der Waals surface area contributed by atoms with Crippen molar-refractivity contribution in [2.24, 2.45) is 0 Å². The number of benzene rings is 2. The zero-order chi connectivity index (χ0) is 19.1. The molecule has 0 bridgehead atoms. The fourth-order valence-electron chi connectivity index (χ4n) is 3.64. The number of hydrogen-bond donors (Lipinski definition) is 1. The van der Waals surface area contributed by atoms with Gasteiger partial charge < -0.3 is 5.32 Å². The van der Waals surface area contributed by atoms with Crippen LogP contribution in [0.25, 0.3) is 5.69 Å². The SMILES string of the molecule is Cc1cc(C)cc(C(=O)Nc2c3c(nn2-c2ccc(C)cc2C)CSC3)c1. The molecule has 0 radical (unpaired) electrons. The molecule has 4 rings (SSSR count). The van der Waals surface area contributed by atoms with Gasteiger partial charge in [0.2, 0.25) is 0 Å². The monoisotopic (exact) mass is 377 g/mol. The van der Waals surface area contributed by atoms with Gasteiger partial charge in [-0.2, -0.15) is 16.9 Å². The lowest BCUT2D eigenvalue weighted by atomic mass is 10.1. The van der Waals surface area contributed by atoms with E-state index in [0.717, 1.165) is 51.0 Å². The molecule has 0 saturated heterocycles. The molecule has 0 unspecified atom stereocenters. The Morgan fingerprint density at radius 1 is 1.00 bits per heavy atom. The summed E-state index contributed by atoms with van der Waals surface area (Å²) in [7, 11) is 0. The van der Waals surface area contributed by atoms with Gasteiger partial charge in [0.05, 0.1) is 11.4 Å². The van der Waals surface area contributed by atoms with Crippen molar-refractivity contribution in [2.45, 2.75) is 39.2 Å². The Morgan fingerprint density at radius 3 is 2.44 bits per heavy atom. The van der Waals surface area contributed by atoms with E-state index >= 15 is 0 Å². The molecule has 0 saturated carbocycles. The second-order valence-electron chi connectivity index (χ2n) is 7.30. The number of nitrogens with one attached hydrogen (secondary N) is 1. The lowest BCUT2D eigenvalue weighted by Gasteiger charge is -2.14. The maximum absolute atomic E-state index is 13.0. The zero-order valence-electron chi connectivity index (χ0n) is 16.1. The van der Waals surface area contributed by atoms with Gasteiger partial charge in [-0.3, -0.25) is 4.79 Å². The van der Waals surface area contributed by atoms with Crippen LogP contribution in [0.2, 0.25) is 0 Å². The number of rotatable bonds is 3. The van der Waals surface area contributed by atoms with Crippen molar-refractivity contribution in [1.82, 2.24) is 9.78 Å². The summed E-state index contributed by atoms with van der Waals surface area (Å²) in [4.78, 5) is 13.0. The van der Waals surface area contributed by atoms with E-state index in [2.05, 4.69) is 43.4 Å². The van der Waals surface area contributed by atoms with Crippen LogP contribution in [0.5, 0.6) is 0 Å². The lowest BCUT2D eigenvalue weighted by Crippen LogP contribution is -2.17. The van der Waals surface area contributed by atoms with Crippen LogP contribution in [0.1, 0.15) is 43.9 Å². The molecule has 4 nitrogen and oxygen atoms in total. The molecule has 1 aliphatic rings. The number of thioether (sulfide) groups is 1. The van der Waals surface area contributed by atoms with Crippen molar-refractivity contribution >= 4 is 23.5 Å². The highest BCUT2D eigenvalue weighted by Gasteiger charge is 2.25. The van der Waals surface area contributed by atoms with Crippen molar-refractivity contribution in [3.05, 3.63) is 75.5 Å². The van der Waals surface area contributed by atoms with E-state index in [1.54, 1.807) is 0 Å². The Morgan fingerprint density at radius 2 is 1.74 bits per heavy atom. The van der Waals surface area contributed by atoms with Crippen LogP contribution in [-0.4, -0.2) is 15.7 Å². The summed E-state index contributed by atoms with van der Waals surface area (Å²) in [5.41, 5.74) is 8.43. The number of nitrogens with zero attached hydrogens (tertiary/aromatic N) is 2. The van der Waals surface area contributed by atoms with Crippen LogP contribution >= 0.6 is 11.8 Å². The molecule has 1 aliphatic heterocycles. The molecule has 0 fully saturated rings. The lowest BCUT2D eigenvalue weighted by molar-refractivity contribution is 0.102. The quantitative estimate of drug-likeness (QED) is 0.690. The van der Waals surface area contributed by atoms with Gasteiger partial charge in [0.15, 0.2) is 0 Å². The van der Waals surface area contributed by atoms with Crippen LogP contribution in [-0.2, 0) is 11.5 Å². The number of fused-ring (bicyclic) bond motifs is 1. The molecule has 2 heterocycles. The van der Waals surface area contributed by atoms with Gasteiger partial charge in [0.1, 0.15) is 5.82 Å². The summed E-state index contributed by atoms with van der Waals surface area (Å²) >= 11 is 1.83. The highest BCUT2D eigenvalue weighted by molar-refractivity contribution is 7.98. The molecule has 27 heavy (non-hydrogen) atoms. The van der Waals surface area contributed by atoms with Gasteiger partial charge in [-0.15, -0.1) is 0 Å². The third kappa shape index (κ3) is 3.39. The second-order valence-corrected chi connectivity index (χ2v) is 8.28. The summed E-state index contributed by atoms with van der Waals surface area (Å²) in [6, 6.07) is 12.2. The van der Waals surface area contributed by atoms with E-state index in [9.17, 15) is 4.79 Å². The van der Waals surface area contributed by atoms with Gasteiger partial charge in [-0.05, 0) is 51.5 Å². The Labute approximate surface area is 164 Å². The van der Waals surface area contributed by atoms with Crippen LogP contribution in [0.3, 0.4) is 0 Å². The predicted molar refractivity (Wildman–Crippen MR) is 112 cm³/mol. The molecule has 1 aromatic heterocycles. The number of aromatic nitrogens is 2. The Kier molecular flexibility index (Phi) is 4.56. The molecular weight excluding hydrogens is 354 g/mol. The van der Waals surface area contributed by atoms with E-state index in [-0.39, 0.29) is 5.91 Å². The Balaban J connectivity index is 1.77. The largest absolute Gasteiger partial charge is 0.306 e. The molecule has 1 N–H and O–H groups in total.